The van der Waals surface area contributed by atoms with E-state index in [0.29, 0.717) is 60.0 Å². The fourth-order valence-corrected chi connectivity index (χ4v) is 3.66. The predicted octanol–water partition coefficient (Wildman–Crippen LogP) is 2.42. The van der Waals surface area contributed by atoms with E-state index in [1.165, 1.54) is 0 Å². The third-order valence-electron chi connectivity index (χ3n) is 5.32. The zero-order chi connectivity index (χ0) is 21.8. The first-order chi connectivity index (χ1) is 14.4. The van der Waals surface area contributed by atoms with Gasteiger partial charge in [0.2, 0.25) is 0 Å². The number of methoxy groups -OCH3 is 1. The van der Waals surface area contributed by atoms with Crippen molar-refractivity contribution in [3.8, 4) is 5.75 Å². The number of aromatic nitrogens is 1. The van der Waals surface area contributed by atoms with E-state index in [9.17, 15) is 14.4 Å². The van der Waals surface area contributed by atoms with Crippen LogP contribution in [0.3, 0.4) is 0 Å². The molecule has 1 aliphatic rings. The van der Waals surface area contributed by atoms with Gasteiger partial charge in [-0.05, 0) is 50.6 Å². The highest BCUT2D eigenvalue weighted by atomic mass is 16.5. The molecule has 0 aliphatic carbocycles. The maximum Gasteiger partial charge on any atom is 0.340 e. The van der Waals surface area contributed by atoms with Gasteiger partial charge in [-0.25, -0.2) is 4.79 Å². The molecule has 2 heterocycles. The van der Waals surface area contributed by atoms with Crippen LogP contribution in [0.5, 0.6) is 5.75 Å². The summed E-state index contributed by atoms with van der Waals surface area (Å²) in [5.41, 5.74) is 2.60. The van der Waals surface area contributed by atoms with E-state index in [1.54, 1.807) is 61.9 Å². The van der Waals surface area contributed by atoms with Gasteiger partial charge in [-0.1, -0.05) is 0 Å². The van der Waals surface area contributed by atoms with Gasteiger partial charge in [-0.2, -0.15) is 0 Å². The standard InChI is InChI=1S/C22H27N3O5/c1-5-30-22(28)18-14(2)19(23-15(18)3)21(27)25-12-10-24(11-13-25)20(26)16-6-8-17(29-4)9-7-16/h6-9,23H,5,10-13H2,1-4H3. The van der Waals surface area contributed by atoms with Crippen LogP contribution in [0.15, 0.2) is 24.3 Å². The molecule has 0 bridgehead atoms. The summed E-state index contributed by atoms with van der Waals surface area (Å²) < 4.78 is 10.2. The second-order valence-corrected chi connectivity index (χ2v) is 7.16. The highest BCUT2D eigenvalue weighted by Crippen LogP contribution is 2.21. The van der Waals surface area contributed by atoms with Gasteiger partial charge in [-0.15, -0.1) is 0 Å². The van der Waals surface area contributed by atoms with Crippen molar-refractivity contribution in [2.75, 3.05) is 39.9 Å². The number of esters is 1. The van der Waals surface area contributed by atoms with Gasteiger partial charge in [0.25, 0.3) is 11.8 Å². The number of hydrogen-bond donors (Lipinski definition) is 1. The van der Waals surface area contributed by atoms with Crippen LogP contribution in [0.25, 0.3) is 0 Å². The number of carbonyl (C=O) groups excluding carboxylic acids is 3. The largest absolute Gasteiger partial charge is 0.497 e. The van der Waals surface area contributed by atoms with E-state index in [-0.39, 0.29) is 18.4 Å². The highest BCUT2D eigenvalue weighted by molar-refractivity contribution is 6.00. The molecule has 2 amide bonds. The summed E-state index contributed by atoms with van der Waals surface area (Å²) in [6, 6.07) is 6.98. The summed E-state index contributed by atoms with van der Waals surface area (Å²) >= 11 is 0. The number of hydrogen-bond acceptors (Lipinski definition) is 5. The molecule has 0 atom stereocenters. The molecule has 1 aromatic carbocycles. The summed E-state index contributed by atoms with van der Waals surface area (Å²) in [4.78, 5) is 44.4. The molecule has 1 saturated heterocycles. The highest BCUT2D eigenvalue weighted by Gasteiger charge is 2.29. The van der Waals surface area contributed by atoms with E-state index < -0.39 is 5.97 Å². The number of amides is 2. The minimum Gasteiger partial charge on any atom is -0.497 e. The minimum absolute atomic E-state index is 0.0683. The molecule has 1 aromatic heterocycles. The SMILES string of the molecule is CCOC(=O)c1c(C)[nH]c(C(=O)N2CCN(C(=O)c3ccc(OC)cc3)CC2)c1C. The summed E-state index contributed by atoms with van der Waals surface area (Å²) in [6.07, 6.45) is 0. The van der Waals surface area contributed by atoms with E-state index >= 15 is 0 Å². The molecular weight excluding hydrogens is 386 g/mol. The van der Waals surface area contributed by atoms with Crippen molar-refractivity contribution in [1.29, 1.82) is 0 Å². The van der Waals surface area contributed by atoms with Crippen molar-refractivity contribution >= 4 is 17.8 Å². The first kappa shape index (κ1) is 21.4. The van der Waals surface area contributed by atoms with Crippen molar-refractivity contribution in [3.05, 3.63) is 52.3 Å². The first-order valence-corrected chi connectivity index (χ1v) is 9.96. The van der Waals surface area contributed by atoms with E-state index in [0.717, 1.165) is 0 Å². The molecule has 0 spiro atoms. The molecule has 8 heteroatoms. The molecule has 0 unspecified atom stereocenters. The van der Waals surface area contributed by atoms with Crippen molar-refractivity contribution in [2.45, 2.75) is 20.8 Å². The molecule has 8 nitrogen and oxygen atoms in total. The number of aromatic amines is 1. The third kappa shape index (κ3) is 4.17. The molecule has 3 rings (SSSR count). The van der Waals surface area contributed by atoms with Crippen LogP contribution in [0.1, 0.15) is 49.4 Å². The van der Waals surface area contributed by atoms with Gasteiger partial charge in [0.1, 0.15) is 11.4 Å². The Labute approximate surface area is 175 Å². The maximum absolute atomic E-state index is 13.0. The number of carbonyl (C=O) groups is 3. The lowest BCUT2D eigenvalue weighted by atomic mass is 10.1. The Balaban J connectivity index is 1.66. The van der Waals surface area contributed by atoms with E-state index in [1.807, 2.05) is 0 Å². The van der Waals surface area contributed by atoms with Crippen molar-refractivity contribution in [1.82, 2.24) is 14.8 Å². The lowest BCUT2D eigenvalue weighted by Crippen LogP contribution is -2.50. The van der Waals surface area contributed by atoms with Gasteiger partial charge >= 0.3 is 5.97 Å². The number of nitrogens with zero attached hydrogens (tertiary/aromatic N) is 2. The number of piperazine rings is 1. The van der Waals surface area contributed by atoms with Crippen LogP contribution in [0, 0.1) is 13.8 Å². The average molecular weight is 413 g/mol. The number of H-pyrrole nitrogens is 1. The molecular formula is C22H27N3O5. The Morgan fingerprint density at radius 3 is 2.07 bits per heavy atom. The second-order valence-electron chi connectivity index (χ2n) is 7.16. The van der Waals surface area contributed by atoms with Crippen molar-refractivity contribution < 1.29 is 23.9 Å². The molecule has 1 fully saturated rings. The Kier molecular flexibility index (Phi) is 6.44. The monoisotopic (exact) mass is 413 g/mol. The maximum atomic E-state index is 13.0. The molecule has 160 valence electrons. The van der Waals surface area contributed by atoms with Gasteiger partial charge in [-0.3, -0.25) is 9.59 Å². The Morgan fingerprint density at radius 1 is 0.967 bits per heavy atom. The molecule has 30 heavy (non-hydrogen) atoms. The number of ether oxygens (including phenoxy) is 2. The second kappa shape index (κ2) is 9.02. The zero-order valence-electron chi connectivity index (χ0n) is 17.8. The lowest BCUT2D eigenvalue weighted by Gasteiger charge is -2.34. The Hall–Kier alpha value is -3.29. The first-order valence-electron chi connectivity index (χ1n) is 9.96. The fraction of sp³-hybridized carbons (Fsp3) is 0.409. The summed E-state index contributed by atoms with van der Waals surface area (Å²) in [5.74, 6) is 0.0161. The molecule has 2 aromatic rings. The smallest absolute Gasteiger partial charge is 0.340 e. The van der Waals surface area contributed by atoms with Crippen molar-refractivity contribution in [2.24, 2.45) is 0 Å². The summed E-state index contributed by atoms with van der Waals surface area (Å²) in [5, 5.41) is 0. The lowest BCUT2D eigenvalue weighted by molar-refractivity contribution is 0.0522. The Morgan fingerprint density at radius 2 is 1.53 bits per heavy atom. The molecule has 0 radical (unpaired) electrons. The topological polar surface area (TPSA) is 91.9 Å². The van der Waals surface area contributed by atoms with Crippen molar-refractivity contribution in [3.63, 3.8) is 0 Å². The fourth-order valence-electron chi connectivity index (χ4n) is 3.66. The Bertz CT molecular complexity index is 940. The summed E-state index contributed by atoms with van der Waals surface area (Å²) in [7, 11) is 1.58. The van der Waals surface area contributed by atoms with Gasteiger partial charge in [0.05, 0.1) is 19.3 Å². The van der Waals surface area contributed by atoms with Crippen LogP contribution in [0.2, 0.25) is 0 Å². The average Bonchev–Trinajstić information content (AvgIpc) is 3.07. The van der Waals surface area contributed by atoms with Gasteiger partial charge < -0.3 is 24.3 Å². The van der Waals surface area contributed by atoms with Gasteiger partial charge in [0.15, 0.2) is 0 Å². The normalized spacial score (nSPS) is 13.9. The van der Waals surface area contributed by atoms with Crippen LogP contribution < -0.4 is 4.74 Å². The van der Waals surface area contributed by atoms with Gasteiger partial charge in [0, 0.05) is 37.4 Å². The number of benzene rings is 1. The zero-order valence-corrected chi connectivity index (χ0v) is 17.8. The number of nitrogens with one attached hydrogen (secondary N) is 1. The summed E-state index contributed by atoms with van der Waals surface area (Å²) in [6.45, 7) is 7.25. The van der Waals surface area contributed by atoms with Crippen LogP contribution in [-0.4, -0.2) is 72.5 Å². The molecule has 1 aliphatic heterocycles. The minimum atomic E-state index is -0.433. The van der Waals surface area contributed by atoms with E-state index in [4.69, 9.17) is 9.47 Å². The molecule has 1 N–H and O–H groups in total. The van der Waals surface area contributed by atoms with Crippen LogP contribution in [0.4, 0.5) is 0 Å². The predicted molar refractivity (Wildman–Crippen MR) is 111 cm³/mol. The van der Waals surface area contributed by atoms with Crippen LogP contribution in [-0.2, 0) is 4.74 Å². The van der Waals surface area contributed by atoms with Crippen LogP contribution >= 0.6 is 0 Å². The third-order valence-corrected chi connectivity index (χ3v) is 5.32. The quantitative estimate of drug-likeness (QED) is 0.760. The number of aryl methyl sites for hydroxylation is 1. The number of rotatable bonds is 5. The van der Waals surface area contributed by atoms with E-state index in [2.05, 4.69) is 4.98 Å². The molecule has 0 saturated carbocycles.